The zero-order valence-electron chi connectivity index (χ0n) is 11.0. The van der Waals surface area contributed by atoms with Gasteiger partial charge in [0.15, 0.2) is 0 Å². The highest BCUT2D eigenvalue weighted by Crippen LogP contribution is 2.26. The van der Waals surface area contributed by atoms with E-state index in [-0.39, 0.29) is 17.6 Å². The van der Waals surface area contributed by atoms with Crippen LogP contribution in [0.4, 0.5) is 0 Å². The molecule has 0 aliphatic carbocycles. The van der Waals surface area contributed by atoms with E-state index in [1.807, 2.05) is 0 Å². The zero-order valence-corrected chi connectivity index (χ0v) is 11.0. The van der Waals surface area contributed by atoms with Crippen LogP contribution in [0.2, 0.25) is 0 Å². The molecule has 0 aromatic heterocycles. The molecule has 1 aliphatic rings. The molecule has 1 unspecified atom stereocenters. The van der Waals surface area contributed by atoms with Gasteiger partial charge in [0.25, 0.3) is 0 Å². The molecule has 0 aromatic rings. The van der Waals surface area contributed by atoms with E-state index in [1.165, 1.54) is 6.42 Å². The predicted molar refractivity (Wildman–Crippen MR) is 66.6 cm³/mol. The quantitative estimate of drug-likeness (QED) is 0.701. The number of aliphatic hydroxyl groups excluding tert-OH is 1. The molecule has 0 bridgehead atoms. The summed E-state index contributed by atoms with van der Waals surface area (Å²) in [5.41, 5.74) is 0.0671. The largest absolute Gasteiger partial charge is 0.396 e. The van der Waals surface area contributed by atoms with Crippen molar-refractivity contribution in [1.82, 2.24) is 5.32 Å². The van der Waals surface area contributed by atoms with Crippen LogP contribution in [0.5, 0.6) is 0 Å². The number of hydrogen-bond donors (Lipinski definition) is 2. The van der Waals surface area contributed by atoms with E-state index in [4.69, 9.17) is 4.74 Å². The van der Waals surface area contributed by atoms with Crippen molar-refractivity contribution in [3.8, 4) is 0 Å². The summed E-state index contributed by atoms with van der Waals surface area (Å²) in [7, 11) is 0. The van der Waals surface area contributed by atoms with Crippen LogP contribution in [0.25, 0.3) is 0 Å². The van der Waals surface area contributed by atoms with Crippen molar-refractivity contribution in [3.63, 3.8) is 0 Å². The summed E-state index contributed by atoms with van der Waals surface area (Å²) in [6.07, 6.45) is 4.35. The molecule has 0 amide bonds. The molecule has 3 heteroatoms. The highest BCUT2D eigenvalue weighted by Gasteiger charge is 2.31. The average Bonchev–Trinajstić information content (AvgIpc) is 2.73. The zero-order chi connectivity index (χ0) is 12.1. The minimum Gasteiger partial charge on any atom is -0.396 e. The van der Waals surface area contributed by atoms with Gasteiger partial charge in [0, 0.05) is 31.7 Å². The predicted octanol–water partition coefficient (Wildman–Crippen LogP) is 1.94. The highest BCUT2D eigenvalue weighted by molar-refractivity contribution is 4.85. The minimum atomic E-state index is 0.0165. The maximum atomic E-state index is 9.46. The Kier molecular flexibility index (Phi) is 5.22. The van der Waals surface area contributed by atoms with E-state index in [9.17, 15) is 5.11 Å². The van der Waals surface area contributed by atoms with Crippen molar-refractivity contribution in [2.75, 3.05) is 26.3 Å². The summed E-state index contributed by atoms with van der Waals surface area (Å²) >= 11 is 0. The second kappa shape index (κ2) is 5.99. The van der Waals surface area contributed by atoms with Crippen LogP contribution in [-0.4, -0.2) is 37.0 Å². The van der Waals surface area contributed by atoms with Gasteiger partial charge in [-0.1, -0.05) is 13.8 Å². The van der Waals surface area contributed by atoms with Crippen LogP contribution in [0.15, 0.2) is 0 Å². The topological polar surface area (TPSA) is 41.5 Å². The maximum Gasteiger partial charge on any atom is 0.0779 e. The fourth-order valence-electron chi connectivity index (χ4n) is 2.35. The summed E-state index contributed by atoms with van der Waals surface area (Å²) in [5.74, 6) is 0. The fourth-order valence-corrected chi connectivity index (χ4v) is 2.35. The van der Waals surface area contributed by atoms with Crippen molar-refractivity contribution in [3.05, 3.63) is 0 Å². The molecule has 2 N–H and O–H groups in total. The van der Waals surface area contributed by atoms with Crippen molar-refractivity contribution >= 4 is 0 Å². The van der Waals surface area contributed by atoms with E-state index < -0.39 is 0 Å². The van der Waals surface area contributed by atoms with Crippen molar-refractivity contribution < 1.29 is 9.84 Å². The summed E-state index contributed by atoms with van der Waals surface area (Å²) in [6.45, 7) is 9.41. The molecule has 0 radical (unpaired) electrons. The van der Waals surface area contributed by atoms with E-state index >= 15 is 0 Å². The Hall–Kier alpha value is -0.120. The molecule has 1 heterocycles. The van der Waals surface area contributed by atoms with Crippen LogP contribution in [0, 0.1) is 5.41 Å². The Balaban J connectivity index is 2.32. The van der Waals surface area contributed by atoms with E-state index in [1.54, 1.807) is 0 Å². The third kappa shape index (κ3) is 3.44. The van der Waals surface area contributed by atoms with E-state index in [0.717, 1.165) is 39.0 Å². The van der Waals surface area contributed by atoms with Crippen LogP contribution < -0.4 is 5.32 Å². The van der Waals surface area contributed by atoms with Crippen LogP contribution >= 0.6 is 0 Å². The lowest BCUT2D eigenvalue weighted by atomic mass is 9.83. The lowest BCUT2D eigenvalue weighted by Crippen LogP contribution is -2.43. The van der Waals surface area contributed by atoms with Gasteiger partial charge < -0.3 is 15.2 Å². The Morgan fingerprint density at radius 1 is 1.38 bits per heavy atom. The highest BCUT2D eigenvalue weighted by atomic mass is 16.5. The number of hydrogen-bond acceptors (Lipinski definition) is 3. The monoisotopic (exact) mass is 229 g/mol. The number of aliphatic hydroxyl groups is 1. The van der Waals surface area contributed by atoms with Gasteiger partial charge in [-0.2, -0.15) is 0 Å². The average molecular weight is 229 g/mol. The van der Waals surface area contributed by atoms with Gasteiger partial charge in [-0.25, -0.2) is 0 Å². The molecule has 3 nitrogen and oxygen atoms in total. The fraction of sp³-hybridized carbons (Fsp3) is 1.00. The van der Waals surface area contributed by atoms with Gasteiger partial charge >= 0.3 is 0 Å². The number of ether oxygens (including phenoxy) is 1. The molecule has 16 heavy (non-hydrogen) atoms. The van der Waals surface area contributed by atoms with E-state index in [2.05, 4.69) is 26.1 Å². The number of rotatable bonds is 7. The molecular weight excluding hydrogens is 202 g/mol. The third-order valence-electron chi connectivity index (χ3n) is 4.13. The van der Waals surface area contributed by atoms with Gasteiger partial charge in [0.05, 0.1) is 5.60 Å². The second-order valence-corrected chi connectivity index (χ2v) is 5.37. The SMILES string of the molecule is CCC(CC)(CO)CNCC1(C)CCCO1. The molecule has 1 saturated heterocycles. The van der Waals surface area contributed by atoms with Gasteiger partial charge in [0.1, 0.15) is 0 Å². The Labute approximate surface area is 99.6 Å². The summed E-state index contributed by atoms with van der Waals surface area (Å²) in [6, 6.07) is 0. The van der Waals surface area contributed by atoms with Crippen LogP contribution in [-0.2, 0) is 4.74 Å². The van der Waals surface area contributed by atoms with Crippen molar-refractivity contribution in [2.45, 2.75) is 52.1 Å². The molecule has 0 aromatic carbocycles. The molecule has 1 aliphatic heterocycles. The lowest BCUT2D eigenvalue weighted by Gasteiger charge is -2.32. The number of nitrogens with one attached hydrogen (secondary N) is 1. The molecule has 1 fully saturated rings. The first-order valence-corrected chi connectivity index (χ1v) is 6.55. The Morgan fingerprint density at radius 2 is 2.06 bits per heavy atom. The summed E-state index contributed by atoms with van der Waals surface area (Å²) in [5, 5.41) is 12.9. The first-order valence-electron chi connectivity index (χ1n) is 6.55. The summed E-state index contributed by atoms with van der Waals surface area (Å²) < 4.78 is 5.73. The maximum absolute atomic E-state index is 9.46. The first-order chi connectivity index (χ1) is 7.60. The minimum absolute atomic E-state index is 0.0165. The Morgan fingerprint density at radius 3 is 2.50 bits per heavy atom. The van der Waals surface area contributed by atoms with E-state index in [0.29, 0.717) is 0 Å². The standard InChI is InChI=1S/C13H27NO2/c1-4-13(5-2,11-15)10-14-9-12(3)7-6-8-16-12/h14-15H,4-11H2,1-3H3. The van der Waals surface area contributed by atoms with Gasteiger partial charge in [-0.15, -0.1) is 0 Å². The van der Waals surface area contributed by atoms with Crippen molar-refractivity contribution in [2.24, 2.45) is 5.41 Å². The summed E-state index contributed by atoms with van der Waals surface area (Å²) in [4.78, 5) is 0. The molecular formula is C13H27NO2. The Bertz CT molecular complexity index is 188. The molecule has 0 saturated carbocycles. The lowest BCUT2D eigenvalue weighted by molar-refractivity contribution is 0.0160. The smallest absolute Gasteiger partial charge is 0.0779 e. The van der Waals surface area contributed by atoms with Crippen LogP contribution in [0.3, 0.4) is 0 Å². The third-order valence-corrected chi connectivity index (χ3v) is 4.13. The van der Waals surface area contributed by atoms with Gasteiger partial charge in [-0.3, -0.25) is 0 Å². The second-order valence-electron chi connectivity index (χ2n) is 5.37. The normalized spacial score (nSPS) is 26.2. The molecule has 0 spiro atoms. The molecule has 96 valence electrons. The van der Waals surface area contributed by atoms with Gasteiger partial charge in [0.2, 0.25) is 0 Å². The first kappa shape index (κ1) is 13.9. The molecule has 1 atom stereocenters. The molecule has 1 rings (SSSR count). The van der Waals surface area contributed by atoms with Gasteiger partial charge in [-0.05, 0) is 32.6 Å². The van der Waals surface area contributed by atoms with Crippen molar-refractivity contribution in [1.29, 1.82) is 0 Å². The van der Waals surface area contributed by atoms with Crippen LogP contribution in [0.1, 0.15) is 46.5 Å².